The van der Waals surface area contributed by atoms with Crippen molar-refractivity contribution in [1.82, 2.24) is 5.32 Å². The monoisotopic (exact) mass is 265 g/mol. The summed E-state index contributed by atoms with van der Waals surface area (Å²) in [7, 11) is 1.73. The molecule has 0 aliphatic heterocycles. The molecule has 0 saturated carbocycles. The molecule has 0 aliphatic rings. The Balaban J connectivity index is 2.44. The summed E-state index contributed by atoms with van der Waals surface area (Å²) >= 11 is 0. The minimum Gasteiger partial charge on any atom is -0.496 e. The second-order valence-corrected chi connectivity index (χ2v) is 5.16. The molecule has 0 radical (unpaired) electrons. The van der Waals surface area contributed by atoms with Crippen molar-refractivity contribution in [3.63, 3.8) is 0 Å². The molecule has 0 bridgehead atoms. The molecule has 3 heteroatoms. The highest BCUT2D eigenvalue weighted by Crippen LogP contribution is 2.24. The molecule has 3 nitrogen and oxygen atoms in total. The fraction of sp³-hybridized carbons (Fsp3) is 0.625. The first-order valence-corrected chi connectivity index (χ1v) is 7.17. The predicted molar refractivity (Wildman–Crippen MR) is 80.0 cm³/mol. The second kappa shape index (κ2) is 8.94. The predicted octanol–water partition coefficient (Wildman–Crippen LogP) is 2.72. The minimum atomic E-state index is 0.284. The molecule has 0 unspecified atom stereocenters. The Morgan fingerprint density at radius 2 is 2.00 bits per heavy atom. The fourth-order valence-electron chi connectivity index (χ4n) is 2.04. The number of nitrogens with one attached hydrogen (secondary N) is 1. The first kappa shape index (κ1) is 16.0. The Bertz CT molecular complexity index is 364. The quantitative estimate of drug-likeness (QED) is 0.675. The largest absolute Gasteiger partial charge is 0.496 e. The summed E-state index contributed by atoms with van der Waals surface area (Å²) in [5.74, 6) is 1.52. The number of methoxy groups -OCH3 is 1. The molecule has 19 heavy (non-hydrogen) atoms. The Morgan fingerprint density at radius 1 is 1.21 bits per heavy atom. The molecule has 108 valence electrons. The molecule has 0 atom stereocenters. The van der Waals surface area contributed by atoms with Crippen LogP contribution in [0.4, 0.5) is 0 Å². The lowest BCUT2D eigenvalue weighted by Crippen LogP contribution is -2.19. The molecule has 0 saturated heterocycles. The van der Waals surface area contributed by atoms with Gasteiger partial charge in [0, 0.05) is 6.61 Å². The summed E-state index contributed by atoms with van der Waals surface area (Å²) in [5, 5.41) is 12.1. The standard InChI is InChI=1S/C16H27NO2/c1-13(2)15-7-6-14(16(12-15)19-3)8-10-17-9-4-5-11-18/h6-7,12-13,17-18H,4-5,8-11H2,1-3H3. The Hall–Kier alpha value is -1.06. The maximum Gasteiger partial charge on any atom is 0.122 e. The van der Waals surface area contributed by atoms with Gasteiger partial charge < -0.3 is 15.2 Å². The van der Waals surface area contributed by atoms with E-state index in [-0.39, 0.29) is 6.61 Å². The number of ether oxygens (including phenoxy) is 1. The highest BCUT2D eigenvalue weighted by molar-refractivity contribution is 5.38. The van der Waals surface area contributed by atoms with Crippen molar-refractivity contribution < 1.29 is 9.84 Å². The van der Waals surface area contributed by atoms with Crippen LogP contribution in [0.3, 0.4) is 0 Å². The van der Waals surface area contributed by atoms with Crippen molar-refractivity contribution in [1.29, 1.82) is 0 Å². The number of hydrogen-bond donors (Lipinski definition) is 2. The lowest BCUT2D eigenvalue weighted by molar-refractivity contribution is 0.284. The van der Waals surface area contributed by atoms with Crippen LogP contribution in [-0.4, -0.2) is 31.9 Å². The maximum absolute atomic E-state index is 8.70. The third-order valence-corrected chi connectivity index (χ3v) is 3.31. The Kier molecular flexibility index (Phi) is 7.53. The number of unbranched alkanes of at least 4 members (excludes halogenated alkanes) is 1. The number of aliphatic hydroxyl groups excluding tert-OH is 1. The average molecular weight is 265 g/mol. The van der Waals surface area contributed by atoms with E-state index in [0.717, 1.165) is 38.1 Å². The molecule has 0 amide bonds. The van der Waals surface area contributed by atoms with Crippen LogP contribution in [0.25, 0.3) is 0 Å². The zero-order valence-electron chi connectivity index (χ0n) is 12.4. The summed E-state index contributed by atoms with van der Waals surface area (Å²) in [6.07, 6.45) is 2.88. The first-order valence-electron chi connectivity index (χ1n) is 7.17. The summed E-state index contributed by atoms with van der Waals surface area (Å²) in [6.45, 7) is 6.58. The van der Waals surface area contributed by atoms with E-state index in [1.807, 2.05) is 0 Å². The van der Waals surface area contributed by atoms with Crippen molar-refractivity contribution in [3.05, 3.63) is 29.3 Å². The molecule has 0 fully saturated rings. The van der Waals surface area contributed by atoms with Gasteiger partial charge in [0.1, 0.15) is 5.75 Å². The van der Waals surface area contributed by atoms with E-state index in [9.17, 15) is 0 Å². The van der Waals surface area contributed by atoms with Crippen molar-refractivity contribution in [2.75, 3.05) is 26.8 Å². The van der Waals surface area contributed by atoms with Crippen molar-refractivity contribution in [2.45, 2.75) is 39.0 Å². The van der Waals surface area contributed by atoms with Gasteiger partial charge in [0.2, 0.25) is 0 Å². The molecule has 2 N–H and O–H groups in total. The molecule has 0 heterocycles. The van der Waals surface area contributed by atoms with E-state index >= 15 is 0 Å². The summed E-state index contributed by atoms with van der Waals surface area (Å²) < 4.78 is 5.47. The summed E-state index contributed by atoms with van der Waals surface area (Å²) in [5.41, 5.74) is 2.57. The Labute approximate surface area is 117 Å². The van der Waals surface area contributed by atoms with Gasteiger partial charge in [-0.1, -0.05) is 26.0 Å². The zero-order chi connectivity index (χ0) is 14.1. The van der Waals surface area contributed by atoms with Crippen LogP contribution >= 0.6 is 0 Å². The van der Waals surface area contributed by atoms with Crippen LogP contribution in [-0.2, 0) is 6.42 Å². The maximum atomic E-state index is 8.70. The van der Waals surface area contributed by atoms with Gasteiger partial charge in [0.15, 0.2) is 0 Å². The molecule has 0 aromatic heterocycles. The number of rotatable bonds is 9. The van der Waals surface area contributed by atoms with Crippen molar-refractivity contribution in [3.8, 4) is 5.75 Å². The first-order chi connectivity index (χ1) is 9.19. The molecular weight excluding hydrogens is 238 g/mol. The van der Waals surface area contributed by atoms with Gasteiger partial charge in [-0.15, -0.1) is 0 Å². The van der Waals surface area contributed by atoms with Crippen molar-refractivity contribution >= 4 is 0 Å². The van der Waals surface area contributed by atoms with E-state index in [1.165, 1.54) is 11.1 Å². The van der Waals surface area contributed by atoms with Crippen LogP contribution in [0.1, 0.15) is 43.7 Å². The Morgan fingerprint density at radius 3 is 2.63 bits per heavy atom. The average Bonchev–Trinajstić information content (AvgIpc) is 2.42. The number of benzene rings is 1. The van der Waals surface area contributed by atoms with E-state index in [2.05, 4.69) is 37.4 Å². The normalized spacial score (nSPS) is 11.0. The smallest absolute Gasteiger partial charge is 0.122 e. The highest BCUT2D eigenvalue weighted by Gasteiger charge is 2.06. The van der Waals surface area contributed by atoms with E-state index in [4.69, 9.17) is 9.84 Å². The van der Waals surface area contributed by atoms with Gasteiger partial charge in [-0.25, -0.2) is 0 Å². The van der Waals surface area contributed by atoms with Gasteiger partial charge in [-0.05, 0) is 55.5 Å². The van der Waals surface area contributed by atoms with Crippen molar-refractivity contribution in [2.24, 2.45) is 0 Å². The fourth-order valence-corrected chi connectivity index (χ4v) is 2.04. The lowest BCUT2D eigenvalue weighted by Gasteiger charge is -2.13. The van der Waals surface area contributed by atoms with Gasteiger partial charge in [0.05, 0.1) is 7.11 Å². The van der Waals surface area contributed by atoms with E-state index in [0.29, 0.717) is 5.92 Å². The third-order valence-electron chi connectivity index (χ3n) is 3.31. The minimum absolute atomic E-state index is 0.284. The van der Waals surface area contributed by atoms with E-state index in [1.54, 1.807) is 7.11 Å². The topological polar surface area (TPSA) is 41.5 Å². The molecular formula is C16H27NO2. The van der Waals surface area contributed by atoms with Crippen LogP contribution in [0.15, 0.2) is 18.2 Å². The van der Waals surface area contributed by atoms with Crippen LogP contribution in [0.2, 0.25) is 0 Å². The summed E-state index contributed by atoms with van der Waals surface area (Å²) in [6, 6.07) is 6.50. The number of hydrogen-bond acceptors (Lipinski definition) is 3. The van der Waals surface area contributed by atoms with Gasteiger partial charge in [0.25, 0.3) is 0 Å². The van der Waals surface area contributed by atoms with Crippen LogP contribution in [0.5, 0.6) is 5.75 Å². The lowest BCUT2D eigenvalue weighted by atomic mass is 10.00. The molecule has 1 aromatic rings. The summed E-state index contributed by atoms with van der Waals surface area (Å²) in [4.78, 5) is 0. The molecule has 1 rings (SSSR count). The third kappa shape index (κ3) is 5.62. The number of aliphatic hydroxyl groups is 1. The molecule has 0 aliphatic carbocycles. The van der Waals surface area contributed by atoms with E-state index < -0.39 is 0 Å². The molecule has 1 aromatic carbocycles. The van der Waals surface area contributed by atoms with Gasteiger partial charge >= 0.3 is 0 Å². The van der Waals surface area contributed by atoms with Crippen LogP contribution < -0.4 is 10.1 Å². The highest BCUT2D eigenvalue weighted by atomic mass is 16.5. The SMILES string of the molecule is COc1cc(C(C)C)ccc1CCNCCCCO. The van der Waals surface area contributed by atoms with Crippen LogP contribution in [0, 0.1) is 0 Å². The van der Waals surface area contributed by atoms with Gasteiger partial charge in [-0.2, -0.15) is 0 Å². The zero-order valence-corrected chi connectivity index (χ0v) is 12.4. The second-order valence-electron chi connectivity index (χ2n) is 5.16. The van der Waals surface area contributed by atoms with Gasteiger partial charge in [-0.3, -0.25) is 0 Å². The molecule has 0 spiro atoms.